The predicted molar refractivity (Wildman–Crippen MR) is 91.1 cm³/mol. The zero-order valence-corrected chi connectivity index (χ0v) is 13.2. The standard InChI is InChI=1S/C14H21N3O.C2H4N2/c1-10-3-4-13(15)12(9-10)14(18)17-8-7-16-6-5-11(17)2;3-1-2-4/h3-4,9,11,16H,5-8,15H2,1-2H3;1-4H. The van der Waals surface area contributed by atoms with E-state index in [4.69, 9.17) is 16.6 Å². The van der Waals surface area contributed by atoms with Gasteiger partial charge in [-0.15, -0.1) is 0 Å². The minimum atomic E-state index is 0.0485. The lowest BCUT2D eigenvalue weighted by Gasteiger charge is -2.27. The average molecular weight is 303 g/mol. The first-order valence-corrected chi connectivity index (χ1v) is 7.38. The van der Waals surface area contributed by atoms with E-state index in [1.54, 1.807) is 0 Å². The summed E-state index contributed by atoms with van der Waals surface area (Å²) in [7, 11) is 0. The van der Waals surface area contributed by atoms with Crippen LogP contribution in [-0.4, -0.2) is 48.9 Å². The molecule has 22 heavy (non-hydrogen) atoms. The second-order valence-corrected chi connectivity index (χ2v) is 5.31. The van der Waals surface area contributed by atoms with Crippen molar-refractivity contribution in [1.82, 2.24) is 10.2 Å². The second-order valence-electron chi connectivity index (χ2n) is 5.31. The van der Waals surface area contributed by atoms with Gasteiger partial charge in [0.2, 0.25) is 0 Å². The number of carbonyl (C=O) groups excluding carboxylic acids is 1. The maximum atomic E-state index is 12.6. The van der Waals surface area contributed by atoms with Crippen LogP contribution in [0.5, 0.6) is 0 Å². The fourth-order valence-corrected chi connectivity index (χ4v) is 2.32. The quantitative estimate of drug-likeness (QED) is 0.493. The fraction of sp³-hybridized carbons (Fsp3) is 0.438. The summed E-state index contributed by atoms with van der Waals surface area (Å²) in [5.41, 5.74) is 8.17. The Kier molecular flexibility index (Phi) is 7.25. The van der Waals surface area contributed by atoms with Crippen molar-refractivity contribution in [2.45, 2.75) is 26.3 Å². The highest BCUT2D eigenvalue weighted by Crippen LogP contribution is 2.18. The summed E-state index contributed by atoms with van der Waals surface area (Å²) in [6.45, 7) is 6.63. The first-order valence-electron chi connectivity index (χ1n) is 7.38. The topological polar surface area (TPSA) is 106 Å². The van der Waals surface area contributed by atoms with E-state index in [0.29, 0.717) is 11.3 Å². The van der Waals surface area contributed by atoms with Gasteiger partial charge in [-0.2, -0.15) is 0 Å². The summed E-state index contributed by atoms with van der Waals surface area (Å²) in [5.74, 6) is 0.0485. The molecule has 0 saturated carbocycles. The van der Waals surface area contributed by atoms with Crippen molar-refractivity contribution in [3.63, 3.8) is 0 Å². The predicted octanol–water partition coefficient (Wildman–Crippen LogP) is 1.69. The molecule has 1 atom stereocenters. The molecule has 5 N–H and O–H groups in total. The number of rotatable bonds is 2. The highest BCUT2D eigenvalue weighted by Gasteiger charge is 2.24. The van der Waals surface area contributed by atoms with Crippen LogP contribution in [0.1, 0.15) is 29.3 Å². The number of nitrogens with one attached hydrogen (secondary N) is 3. The van der Waals surface area contributed by atoms with Crippen molar-refractivity contribution in [3.05, 3.63) is 29.3 Å². The number of amides is 1. The number of hydrogen-bond donors (Lipinski definition) is 4. The molecule has 2 rings (SSSR count). The molecule has 1 saturated heterocycles. The monoisotopic (exact) mass is 303 g/mol. The molecule has 0 radical (unpaired) electrons. The third-order valence-electron chi connectivity index (χ3n) is 3.58. The summed E-state index contributed by atoms with van der Waals surface area (Å²) in [6, 6.07) is 5.87. The largest absolute Gasteiger partial charge is 0.398 e. The van der Waals surface area contributed by atoms with Crippen LogP contribution < -0.4 is 11.1 Å². The van der Waals surface area contributed by atoms with Gasteiger partial charge in [0.1, 0.15) is 0 Å². The molecule has 0 bridgehead atoms. The molecule has 120 valence electrons. The lowest BCUT2D eigenvalue weighted by atomic mass is 10.1. The molecule has 0 aliphatic carbocycles. The zero-order valence-electron chi connectivity index (χ0n) is 13.2. The SMILES string of the molecule is Cc1ccc(N)c(C(=O)N2CCNCCC2C)c1.N=CC=N. The van der Waals surface area contributed by atoms with Crippen LogP contribution >= 0.6 is 0 Å². The van der Waals surface area contributed by atoms with Gasteiger partial charge in [-0.25, -0.2) is 0 Å². The summed E-state index contributed by atoms with van der Waals surface area (Å²) in [6.07, 6.45) is 2.82. The van der Waals surface area contributed by atoms with E-state index < -0.39 is 0 Å². The van der Waals surface area contributed by atoms with Crippen molar-refractivity contribution in [3.8, 4) is 0 Å². The van der Waals surface area contributed by atoms with Crippen molar-refractivity contribution < 1.29 is 4.79 Å². The van der Waals surface area contributed by atoms with Gasteiger partial charge in [-0.3, -0.25) is 4.79 Å². The van der Waals surface area contributed by atoms with Crippen molar-refractivity contribution in [2.24, 2.45) is 0 Å². The summed E-state index contributed by atoms with van der Waals surface area (Å²) >= 11 is 0. The molecule has 1 aliphatic heterocycles. The van der Waals surface area contributed by atoms with E-state index in [1.165, 1.54) is 0 Å². The maximum absolute atomic E-state index is 12.6. The summed E-state index contributed by atoms with van der Waals surface area (Å²) < 4.78 is 0. The Morgan fingerprint density at radius 3 is 2.68 bits per heavy atom. The van der Waals surface area contributed by atoms with Crippen LogP contribution in [0, 0.1) is 17.7 Å². The smallest absolute Gasteiger partial charge is 0.256 e. The van der Waals surface area contributed by atoms with Crippen molar-refractivity contribution >= 4 is 24.0 Å². The van der Waals surface area contributed by atoms with Crippen LogP contribution in [0.2, 0.25) is 0 Å². The van der Waals surface area contributed by atoms with Gasteiger partial charge in [0.05, 0.1) is 5.56 Å². The third kappa shape index (κ3) is 4.96. The Bertz CT molecular complexity index is 523. The van der Waals surface area contributed by atoms with Gasteiger partial charge in [-0.05, 0) is 38.9 Å². The molecule has 1 heterocycles. The number of aryl methyl sites for hydroxylation is 1. The number of nitrogens with two attached hydrogens (primary N) is 1. The van der Waals surface area contributed by atoms with Gasteiger partial charge in [0.25, 0.3) is 5.91 Å². The fourth-order valence-electron chi connectivity index (χ4n) is 2.32. The molecule has 1 fully saturated rings. The molecule has 1 aromatic rings. The maximum Gasteiger partial charge on any atom is 0.256 e. The molecular weight excluding hydrogens is 278 g/mol. The van der Waals surface area contributed by atoms with Gasteiger partial charge < -0.3 is 26.8 Å². The summed E-state index contributed by atoms with van der Waals surface area (Å²) in [4.78, 5) is 14.5. The molecular formula is C16H25N5O. The van der Waals surface area contributed by atoms with Crippen LogP contribution in [-0.2, 0) is 0 Å². The Balaban J connectivity index is 0.000000541. The normalized spacial score (nSPS) is 17.7. The number of nitrogens with zero attached hydrogens (tertiary/aromatic N) is 1. The minimum absolute atomic E-state index is 0.0485. The molecule has 1 aliphatic rings. The van der Waals surface area contributed by atoms with Crippen LogP contribution in [0.3, 0.4) is 0 Å². The zero-order chi connectivity index (χ0) is 16.5. The highest BCUT2D eigenvalue weighted by atomic mass is 16.2. The first kappa shape index (κ1) is 17.8. The number of anilines is 1. The number of hydrogen-bond acceptors (Lipinski definition) is 5. The van der Waals surface area contributed by atoms with Crippen LogP contribution in [0.15, 0.2) is 18.2 Å². The van der Waals surface area contributed by atoms with E-state index in [0.717, 1.165) is 44.0 Å². The van der Waals surface area contributed by atoms with Crippen molar-refractivity contribution in [2.75, 3.05) is 25.4 Å². The number of nitrogen functional groups attached to an aromatic ring is 1. The molecule has 1 unspecified atom stereocenters. The van der Waals surface area contributed by atoms with Gasteiger partial charge in [0.15, 0.2) is 0 Å². The van der Waals surface area contributed by atoms with Crippen molar-refractivity contribution in [1.29, 1.82) is 10.8 Å². The van der Waals surface area contributed by atoms with Gasteiger partial charge in [0, 0.05) is 37.2 Å². The highest BCUT2D eigenvalue weighted by molar-refractivity contribution is 6.12. The van der Waals surface area contributed by atoms with Crippen LogP contribution in [0.4, 0.5) is 5.69 Å². The van der Waals surface area contributed by atoms with E-state index in [1.807, 2.05) is 30.0 Å². The number of carbonyl (C=O) groups is 1. The van der Waals surface area contributed by atoms with E-state index in [-0.39, 0.29) is 11.9 Å². The van der Waals surface area contributed by atoms with Gasteiger partial charge >= 0.3 is 0 Å². The van der Waals surface area contributed by atoms with Crippen LogP contribution in [0.25, 0.3) is 0 Å². The molecule has 0 aromatic heterocycles. The third-order valence-corrected chi connectivity index (χ3v) is 3.58. The lowest BCUT2D eigenvalue weighted by molar-refractivity contribution is 0.0705. The molecule has 6 nitrogen and oxygen atoms in total. The number of benzene rings is 1. The second kappa shape index (κ2) is 8.94. The first-order chi connectivity index (χ1) is 10.5. The Hall–Kier alpha value is -2.21. The molecule has 6 heteroatoms. The molecule has 1 aromatic carbocycles. The Morgan fingerprint density at radius 1 is 1.36 bits per heavy atom. The van der Waals surface area contributed by atoms with E-state index in [2.05, 4.69) is 12.2 Å². The van der Waals surface area contributed by atoms with Gasteiger partial charge in [-0.1, -0.05) is 11.6 Å². The molecule has 1 amide bonds. The molecule has 0 spiro atoms. The van der Waals surface area contributed by atoms with E-state index in [9.17, 15) is 4.79 Å². The lowest BCUT2D eigenvalue weighted by Crippen LogP contribution is -2.40. The summed E-state index contributed by atoms with van der Waals surface area (Å²) in [5, 5.41) is 15.5. The Labute approximate surface area is 131 Å². The average Bonchev–Trinajstić information content (AvgIpc) is 2.74. The Morgan fingerprint density at radius 2 is 2.05 bits per heavy atom. The minimum Gasteiger partial charge on any atom is -0.398 e. The van der Waals surface area contributed by atoms with E-state index >= 15 is 0 Å².